The fourth-order valence-corrected chi connectivity index (χ4v) is 7.66. The van der Waals surface area contributed by atoms with E-state index in [4.69, 9.17) is 8.85 Å². The summed E-state index contributed by atoms with van der Waals surface area (Å²) in [6.07, 6.45) is 12.6. The van der Waals surface area contributed by atoms with Crippen LogP contribution in [0.15, 0.2) is 0 Å². The third-order valence-electron chi connectivity index (χ3n) is 5.57. The fraction of sp³-hybridized carbons (Fsp3) is 1.00. The van der Waals surface area contributed by atoms with E-state index in [9.17, 15) is 0 Å². The summed E-state index contributed by atoms with van der Waals surface area (Å²) in [5.74, 6) is 0.871. The summed E-state index contributed by atoms with van der Waals surface area (Å²) in [5, 5.41) is 0.414. The predicted molar refractivity (Wildman–Crippen MR) is 73.4 cm³/mol. The number of hydrogen-bond acceptors (Lipinski definition) is 2. The summed E-state index contributed by atoms with van der Waals surface area (Å²) < 4.78 is 11.9. The average Bonchev–Trinajstić information content (AvgIpc) is 2.90. The largest absolute Gasteiger partial charge is 0.397 e. The molecule has 0 saturated heterocycles. The second kappa shape index (κ2) is 5.41. The molecule has 0 unspecified atom stereocenters. The lowest BCUT2D eigenvalue weighted by Gasteiger charge is -2.48. The van der Waals surface area contributed by atoms with Crippen molar-refractivity contribution in [2.24, 2.45) is 5.92 Å². The van der Waals surface area contributed by atoms with E-state index in [2.05, 4.69) is 6.55 Å². The van der Waals surface area contributed by atoms with Crippen molar-refractivity contribution < 1.29 is 8.85 Å². The summed E-state index contributed by atoms with van der Waals surface area (Å²) in [5.41, 5.74) is 0. The van der Waals surface area contributed by atoms with Gasteiger partial charge in [-0.2, -0.15) is 0 Å². The van der Waals surface area contributed by atoms with E-state index >= 15 is 0 Å². The van der Waals surface area contributed by atoms with Crippen LogP contribution < -0.4 is 0 Å². The predicted octanol–water partition coefficient (Wildman–Crippen LogP) is 4.25. The molecule has 0 radical (unpaired) electrons. The van der Waals surface area contributed by atoms with Crippen molar-refractivity contribution in [1.82, 2.24) is 0 Å². The van der Waals surface area contributed by atoms with Gasteiger partial charge in [0.2, 0.25) is 0 Å². The first-order valence-electron chi connectivity index (χ1n) is 7.29. The molecule has 2 nitrogen and oxygen atoms in total. The Labute approximate surface area is 107 Å². The van der Waals surface area contributed by atoms with Gasteiger partial charge in [0.1, 0.15) is 0 Å². The SMILES string of the molecule is CO[Si](C)(OC)C1(C2CCCCC2)CCCC1. The highest BCUT2D eigenvalue weighted by atomic mass is 28.4. The van der Waals surface area contributed by atoms with Gasteiger partial charge in [-0.15, -0.1) is 0 Å². The molecule has 0 spiro atoms. The second-order valence-electron chi connectivity index (χ2n) is 6.05. The quantitative estimate of drug-likeness (QED) is 0.700. The lowest BCUT2D eigenvalue weighted by atomic mass is 9.78. The molecule has 0 aromatic carbocycles. The van der Waals surface area contributed by atoms with E-state index in [1.807, 2.05) is 14.2 Å². The van der Waals surface area contributed by atoms with Crippen molar-refractivity contribution in [2.45, 2.75) is 69.4 Å². The first-order chi connectivity index (χ1) is 8.18. The van der Waals surface area contributed by atoms with E-state index in [1.54, 1.807) is 0 Å². The first kappa shape index (κ1) is 13.6. The van der Waals surface area contributed by atoms with E-state index < -0.39 is 8.56 Å². The van der Waals surface area contributed by atoms with E-state index in [0.29, 0.717) is 5.04 Å². The second-order valence-corrected chi connectivity index (χ2v) is 9.76. The van der Waals surface area contributed by atoms with Crippen molar-refractivity contribution >= 4 is 8.56 Å². The molecule has 0 heterocycles. The van der Waals surface area contributed by atoms with Crippen molar-refractivity contribution in [3.05, 3.63) is 0 Å². The van der Waals surface area contributed by atoms with E-state index in [1.165, 1.54) is 57.8 Å². The van der Waals surface area contributed by atoms with Gasteiger partial charge in [0.05, 0.1) is 0 Å². The Morgan fingerprint density at radius 2 is 1.41 bits per heavy atom. The summed E-state index contributed by atoms with van der Waals surface area (Å²) in [6, 6.07) is 0. The maximum atomic E-state index is 5.94. The van der Waals surface area contributed by atoms with Crippen LogP contribution in [-0.4, -0.2) is 22.8 Å². The average molecular weight is 256 g/mol. The minimum atomic E-state index is -2.00. The van der Waals surface area contributed by atoms with Crippen LogP contribution in [0.2, 0.25) is 11.6 Å². The summed E-state index contributed by atoms with van der Waals surface area (Å²) in [7, 11) is 1.75. The zero-order valence-electron chi connectivity index (χ0n) is 11.8. The topological polar surface area (TPSA) is 18.5 Å². The van der Waals surface area contributed by atoms with Crippen molar-refractivity contribution in [3.63, 3.8) is 0 Å². The Morgan fingerprint density at radius 1 is 0.882 bits per heavy atom. The van der Waals surface area contributed by atoms with Gasteiger partial charge in [-0.1, -0.05) is 44.9 Å². The normalized spacial score (nSPS) is 26.3. The van der Waals surface area contributed by atoms with Gasteiger partial charge >= 0.3 is 8.56 Å². The van der Waals surface area contributed by atoms with Gasteiger partial charge < -0.3 is 8.85 Å². The molecule has 0 amide bonds. The number of hydrogen-bond donors (Lipinski definition) is 0. The Bertz CT molecular complexity index is 239. The van der Waals surface area contributed by atoms with E-state index in [-0.39, 0.29) is 0 Å². The third kappa shape index (κ3) is 2.22. The van der Waals surface area contributed by atoms with Crippen LogP contribution >= 0.6 is 0 Å². The maximum absolute atomic E-state index is 5.94. The molecule has 2 fully saturated rings. The standard InChI is InChI=1S/C14H28O2Si/c1-15-17(3,16-2)14(11-7-8-12-14)13-9-5-4-6-10-13/h13H,4-12H2,1-3H3. The highest BCUT2D eigenvalue weighted by molar-refractivity contribution is 6.69. The Kier molecular flexibility index (Phi) is 4.32. The molecule has 0 aromatic heterocycles. The molecule has 0 aliphatic heterocycles. The summed E-state index contributed by atoms with van der Waals surface area (Å²) in [4.78, 5) is 0. The van der Waals surface area contributed by atoms with Crippen LogP contribution in [0.4, 0.5) is 0 Å². The summed E-state index contributed by atoms with van der Waals surface area (Å²) in [6.45, 7) is 2.30. The maximum Gasteiger partial charge on any atom is 0.341 e. The highest BCUT2D eigenvalue weighted by Crippen LogP contribution is 2.61. The molecule has 100 valence electrons. The van der Waals surface area contributed by atoms with Gasteiger partial charge in [-0.05, 0) is 25.3 Å². The molecule has 0 bridgehead atoms. The van der Waals surface area contributed by atoms with Gasteiger partial charge in [-0.25, -0.2) is 0 Å². The lowest BCUT2D eigenvalue weighted by molar-refractivity contribution is 0.155. The molecule has 2 rings (SSSR count). The number of rotatable bonds is 4. The molecule has 2 saturated carbocycles. The minimum Gasteiger partial charge on any atom is -0.397 e. The molecular weight excluding hydrogens is 228 g/mol. The zero-order valence-corrected chi connectivity index (χ0v) is 12.8. The molecule has 2 aliphatic carbocycles. The van der Waals surface area contributed by atoms with Gasteiger partial charge in [-0.3, -0.25) is 0 Å². The molecule has 0 aromatic rings. The molecule has 0 N–H and O–H groups in total. The van der Waals surface area contributed by atoms with Crippen LogP contribution in [0.1, 0.15) is 57.8 Å². The van der Waals surface area contributed by atoms with Crippen molar-refractivity contribution in [3.8, 4) is 0 Å². The van der Waals surface area contributed by atoms with Crippen LogP contribution in [-0.2, 0) is 8.85 Å². The Morgan fingerprint density at radius 3 is 1.88 bits per heavy atom. The Balaban J connectivity index is 2.24. The van der Waals surface area contributed by atoms with Crippen LogP contribution in [0, 0.1) is 5.92 Å². The fourth-order valence-electron chi connectivity index (χ4n) is 4.38. The molecule has 17 heavy (non-hydrogen) atoms. The third-order valence-corrected chi connectivity index (χ3v) is 9.84. The van der Waals surface area contributed by atoms with Crippen LogP contribution in [0.5, 0.6) is 0 Å². The first-order valence-corrected chi connectivity index (χ1v) is 9.60. The van der Waals surface area contributed by atoms with Crippen LogP contribution in [0.3, 0.4) is 0 Å². The highest BCUT2D eigenvalue weighted by Gasteiger charge is 2.58. The minimum absolute atomic E-state index is 0.414. The molecule has 3 heteroatoms. The van der Waals surface area contributed by atoms with Gasteiger partial charge in [0.25, 0.3) is 0 Å². The van der Waals surface area contributed by atoms with E-state index in [0.717, 1.165) is 5.92 Å². The summed E-state index contributed by atoms with van der Waals surface area (Å²) >= 11 is 0. The van der Waals surface area contributed by atoms with Gasteiger partial charge in [0.15, 0.2) is 0 Å². The van der Waals surface area contributed by atoms with Gasteiger partial charge in [0, 0.05) is 19.3 Å². The van der Waals surface area contributed by atoms with Crippen LogP contribution in [0.25, 0.3) is 0 Å². The Hall–Kier alpha value is 0.137. The molecule has 2 aliphatic rings. The molecule has 0 atom stereocenters. The zero-order chi connectivity index (χ0) is 12.4. The van der Waals surface area contributed by atoms with Crippen molar-refractivity contribution in [2.75, 3.05) is 14.2 Å². The lowest BCUT2D eigenvalue weighted by Crippen LogP contribution is -2.52. The van der Waals surface area contributed by atoms with Crippen molar-refractivity contribution in [1.29, 1.82) is 0 Å². The monoisotopic (exact) mass is 256 g/mol. The smallest absolute Gasteiger partial charge is 0.341 e. The molecular formula is C14H28O2Si.